The Morgan fingerprint density at radius 2 is 1.77 bits per heavy atom. The Kier molecular flexibility index (Phi) is 4.06. The molecule has 7 nitrogen and oxygen atoms in total. The minimum absolute atomic E-state index is 0.219. The summed E-state index contributed by atoms with van der Waals surface area (Å²) in [5.74, 6) is -1.53. The molecule has 26 heavy (non-hydrogen) atoms. The fourth-order valence-corrected chi connectivity index (χ4v) is 3.81. The number of imide groups is 1. The van der Waals surface area contributed by atoms with E-state index in [4.69, 9.17) is 9.94 Å². The lowest BCUT2D eigenvalue weighted by Gasteiger charge is -2.16. The van der Waals surface area contributed by atoms with Crippen molar-refractivity contribution in [2.24, 2.45) is 5.16 Å². The van der Waals surface area contributed by atoms with Crippen molar-refractivity contribution in [3.05, 3.63) is 40.5 Å². The van der Waals surface area contributed by atoms with Crippen molar-refractivity contribution in [2.75, 3.05) is 11.5 Å². The van der Waals surface area contributed by atoms with Crippen LogP contribution in [0, 0.1) is 0 Å². The van der Waals surface area contributed by atoms with E-state index in [1.807, 2.05) is 6.07 Å². The van der Waals surface area contributed by atoms with Crippen LogP contribution < -0.4 is 4.90 Å². The summed E-state index contributed by atoms with van der Waals surface area (Å²) >= 11 is 0. The predicted molar refractivity (Wildman–Crippen MR) is 92.9 cm³/mol. The van der Waals surface area contributed by atoms with Crippen molar-refractivity contribution in [1.29, 1.82) is 0 Å². The summed E-state index contributed by atoms with van der Waals surface area (Å²) in [5.41, 5.74) is 4.32. The lowest BCUT2D eigenvalue weighted by molar-refractivity contribution is -0.142. The standard InChI is InChI=1S/C19H18N2O5/c22-17(23)10-26-20-16-8-6-11-5-7-12(9-15(11)16)21-18(24)13-3-1-2-4-14(13)19(21)25/h5,7,9H,1-4,6,8,10H2,(H,22,23)/b20-16+. The van der Waals surface area contributed by atoms with Crippen LogP contribution in [-0.2, 0) is 25.6 Å². The Morgan fingerprint density at radius 1 is 1.08 bits per heavy atom. The molecule has 134 valence electrons. The fourth-order valence-electron chi connectivity index (χ4n) is 3.81. The van der Waals surface area contributed by atoms with Gasteiger partial charge in [-0.1, -0.05) is 11.2 Å². The molecule has 0 saturated heterocycles. The SMILES string of the molecule is O=C(O)CO/N=C1\CCc2ccc(N3C(=O)C4=C(CCCC4)C3=O)cc21. The fraction of sp³-hybridized carbons (Fsp3) is 0.368. The summed E-state index contributed by atoms with van der Waals surface area (Å²) in [6.45, 7) is -0.502. The molecule has 1 heterocycles. The molecule has 7 heteroatoms. The number of amides is 2. The van der Waals surface area contributed by atoms with Crippen LogP contribution in [0.1, 0.15) is 43.2 Å². The molecule has 2 amide bonds. The third-order valence-corrected chi connectivity index (χ3v) is 5.05. The number of fused-ring (bicyclic) bond motifs is 1. The van der Waals surface area contributed by atoms with Gasteiger partial charge >= 0.3 is 5.97 Å². The number of anilines is 1. The number of aliphatic carboxylic acids is 1. The van der Waals surface area contributed by atoms with E-state index in [9.17, 15) is 14.4 Å². The second-order valence-corrected chi connectivity index (χ2v) is 6.66. The number of carbonyl (C=O) groups excluding carboxylic acids is 2. The van der Waals surface area contributed by atoms with E-state index in [2.05, 4.69) is 5.16 Å². The van der Waals surface area contributed by atoms with Crippen LogP contribution in [0.4, 0.5) is 5.69 Å². The third kappa shape index (κ3) is 2.69. The molecule has 0 spiro atoms. The monoisotopic (exact) mass is 354 g/mol. The molecular formula is C19H18N2O5. The van der Waals surface area contributed by atoms with Crippen LogP contribution in [0.15, 0.2) is 34.5 Å². The molecule has 1 aromatic carbocycles. The highest BCUT2D eigenvalue weighted by atomic mass is 16.6. The molecule has 1 aromatic rings. The van der Waals surface area contributed by atoms with Gasteiger partial charge in [0.25, 0.3) is 11.8 Å². The quantitative estimate of drug-likeness (QED) is 0.660. The number of oxime groups is 1. The van der Waals surface area contributed by atoms with Crippen molar-refractivity contribution >= 4 is 29.2 Å². The van der Waals surface area contributed by atoms with Gasteiger partial charge in [-0.25, -0.2) is 9.69 Å². The molecule has 0 bridgehead atoms. The second-order valence-electron chi connectivity index (χ2n) is 6.66. The van der Waals surface area contributed by atoms with Crippen LogP contribution in [0.25, 0.3) is 0 Å². The summed E-state index contributed by atoms with van der Waals surface area (Å²) < 4.78 is 0. The van der Waals surface area contributed by atoms with Crippen LogP contribution in [0.2, 0.25) is 0 Å². The summed E-state index contributed by atoms with van der Waals surface area (Å²) in [6, 6.07) is 5.45. The molecule has 0 atom stereocenters. The lowest BCUT2D eigenvalue weighted by atomic mass is 9.93. The Labute approximate surface area is 149 Å². The maximum Gasteiger partial charge on any atom is 0.344 e. The maximum atomic E-state index is 12.7. The third-order valence-electron chi connectivity index (χ3n) is 5.05. The number of carboxylic acid groups (broad SMARTS) is 1. The molecule has 0 saturated carbocycles. The van der Waals surface area contributed by atoms with E-state index in [-0.39, 0.29) is 11.8 Å². The molecule has 0 aromatic heterocycles. The number of rotatable bonds is 4. The minimum Gasteiger partial charge on any atom is -0.479 e. The highest BCUT2D eigenvalue weighted by Crippen LogP contribution is 2.37. The zero-order valence-corrected chi connectivity index (χ0v) is 14.2. The topological polar surface area (TPSA) is 96.3 Å². The number of hydrogen-bond acceptors (Lipinski definition) is 5. The van der Waals surface area contributed by atoms with Crippen molar-refractivity contribution in [1.82, 2.24) is 0 Å². The Balaban J connectivity index is 1.63. The predicted octanol–water partition coefficient (Wildman–Crippen LogP) is 2.18. The van der Waals surface area contributed by atoms with Crippen molar-refractivity contribution < 1.29 is 24.3 Å². The Hall–Kier alpha value is -2.96. The van der Waals surface area contributed by atoms with Gasteiger partial charge in [0.15, 0.2) is 0 Å². The molecule has 0 radical (unpaired) electrons. The molecule has 1 aliphatic heterocycles. The van der Waals surface area contributed by atoms with Gasteiger partial charge in [0.2, 0.25) is 6.61 Å². The molecule has 0 fully saturated rings. The normalized spacial score (nSPS) is 20.6. The smallest absolute Gasteiger partial charge is 0.344 e. The van der Waals surface area contributed by atoms with Crippen molar-refractivity contribution in [2.45, 2.75) is 38.5 Å². The van der Waals surface area contributed by atoms with Crippen LogP contribution in [0.5, 0.6) is 0 Å². The van der Waals surface area contributed by atoms with Crippen molar-refractivity contribution in [3.8, 4) is 0 Å². The number of carboxylic acids is 1. The number of benzene rings is 1. The largest absolute Gasteiger partial charge is 0.479 e. The minimum atomic E-state index is -1.09. The van der Waals surface area contributed by atoms with E-state index < -0.39 is 12.6 Å². The second kappa shape index (κ2) is 6.40. The van der Waals surface area contributed by atoms with Gasteiger partial charge in [-0.3, -0.25) is 9.59 Å². The molecule has 1 N–H and O–H groups in total. The van der Waals surface area contributed by atoms with E-state index in [0.717, 1.165) is 30.4 Å². The molecule has 0 unspecified atom stereocenters. The van der Waals surface area contributed by atoms with Gasteiger partial charge in [-0.15, -0.1) is 0 Å². The van der Waals surface area contributed by atoms with Gasteiger partial charge in [-0.2, -0.15) is 0 Å². The molecule has 3 aliphatic rings. The van der Waals surface area contributed by atoms with Gasteiger partial charge in [0, 0.05) is 16.7 Å². The van der Waals surface area contributed by atoms with E-state index in [1.165, 1.54) is 4.90 Å². The number of hydrogen-bond donors (Lipinski definition) is 1. The van der Waals surface area contributed by atoms with E-state index >= 15 is 0 Å². The van der Waals surface area contributed by atoms with Gasteiger partial charge in [-0.05, 0) is 56.2 Å². The summed E-state index contributed by atoms with van der Waals surface area (Å²) in [7, 11) is 0. The first kappa shape index (κ1) is 16.5. The zero-order chi connectivity index (χ0) is 18.3. The highest BCUT2D eigenvalue weighted by Gasteiger charge is 2.40. The summed E-state index contributed by atoms with van der Waals surface area (Å²) in [5, 5.41) is 12.6. The van der Waals surface area contributed by atoms with E-state index in [0.29, 0.717) is 41.8 Å². The average molecular weight is 354 g/mol. The number of aryl methyl sites for hydroxylation is 1. The molecule has 4 rings (SSSR count). The van der Waals surface area contributed by atoms with Crippen LogP contribution >= 0.6 is 0 Å². The van der Waals surface area contributed by atoms with Crippen molar-refractivity contribution in [3.63, 3.8) is 0 Å². The summed E-state index contributed by atoms with van der Waals surface area (Å²) in [4.78, 5) is 42.1. The van der Waals surface area contributed by atoms with Crippen LogP contribution in [-0.4, -0.2) is 35.2 Å². The first-order valence-electron chi connectivity index (χ1n) is 8.71. The maximum absolute atomic E-state index is 12.7. The zero-order valence-electron chi connectivity index (χ0n) is 14.2. The first-order valence-corrected chi connectivity index (χ1v) is 8.71. The lowest BCUT2D eigenvalue weighted by Crippen LogP contribution is -2.31. The van der Waals surface area contributed by atoms with Gasteiger partial charge in [0.05, 0.1) is 11.4 Å². The first-order chi connectivity index (χ1) is 12.6. The molecular weight excluding hydrogens is 336 g/mol. The highest BCUT2D eigenvalue weighted by molar-refractivity contribution is 6.33. The van der Waals surface area contributed by atoms with Gasteiger partial charge in [0.1, 0.15) is 0 Å². The number of carbonyl (C=O) groups is 3. The summed E-state index contributed by atoms with van der Waals surface area (Å²) in [6.07, 6.45) is 4.60. The molecule has 2 aliphatic carbocycles. The average Bonchev–Trinajstić information content (AvgIpc) is 3.14. The Bertz CT molecular complexity index is 856. The number of nitrogens with zero attached hydrogens (tertiary/aromatic N) is 2. The Morgan fingerprint density at radius 3 is 2.42 bits per heavy atom. The van der Waals surface area contributed by atoms with Gasteiger partial charge < -0.3 is 9.94 Å². The van der Waals surface area contributed by atoms with Crippen LogP contribution in [0.3, 0.4) is 0 Å². The van der Waals surface area contributed by atoms with E-state index in [1.54, 1.807) is 12.1 Å².